The van der Waals surface area contributed by atoms with Gasteiger partial charge in [-0.3, -0.25) is 14.3 Å². The number of sulfonamides is 1. The van der Waals surface area contributed by atoms with Gasteiger partial charge in [-0.05, 0) is 54.6 Å². The van der Waals surface area contributed by atoms with Crippen molar-refractivity contribution in [1.29, 1.82) is 0 Å². The van der Waals surface area contributed by atoms with Gasteiger partial charge in [0.2, 0.25) is 0 Å². The number of amides is 2. The number of nitrogens with zero attached hydrogens (tertiary/aromatic N) is 3. The Kier molecular flexibility index (Phi) is 6.70. The molecular formula is C20H11Cl4N5O4S. The van der Waals surface area contributed by atoms with Crippen LogP contribution in [0.25, 0.3) is 0 Å². The van der Waals surface area contributed by atoms with Crippen molar-refractivity contribution >= 4 is 85.4 Å². The van der Waals surface area contributed by atoms with Crippen LogP contribution in [0.15, 0.2) is 70.2 Å². The molecule has 1 aliphatic heterocycles. The van der Waals surface area contributed by atoms with E-state index in [2.05, 4.69) is 20.2 Å². The number of carbonyl (C=O) groups is 2. The summed E-state index contributed by atoms with van der Waals surface area (Å²) in [5, 5.41) is 10.1. The molecule has 174 valence electrons. The Hall–Kier alpha value is -2.89. The Morgan fingerprint density at radius 1 is 0.824 bits per heavy atom. The fourth-order valence-corrected chi connectivity index (χ4v) is 4.59. The lowest BCUT2D eigenvalue weighted by Gasteiger charge is -2.17. The third-order valence-corrected chi connectivity index (χ3v) is 6.96. The van der Waals surface area contributed by atoms with Crippen LogP contribution in [0.3, 0.4) is 0 Å². The number of hydrogen-bond donors (Lipinski definition) is 2. The first-order chi connectivity index (χ1) is 16.1. The smallest absolute Gasteiger partial charge is 0.283 e. The van der Waals surface area contributed by atoms with Crippen molar-refractivity contribution in [3.05, 3.63) is 80.5 Å². The molecule has 2 amide bonds. The maximum Gasteiger partial charge on any atom is 0.283 e. The van der Waals surface area contributed by atoms with Gasteiger partial charge in [0, 0.05) is 10.7 Å². The van der Waals surface area contributed by atoms with Crippen molar-refractivity contribution in [2.45, 2.75) is 4.90 Å². The van der Waals surface area contributed by atoms with Crippen molar-refractivity contribution in [3.63, 3.8) is 0 Å². The van der Waals surface area contributed by atoms with Crippen LogP contribution in [0.5, 0.6) is 0 Å². The van der Waals surface area contributed by atoms with E-state index in [9.17, 15) is 18.0 Å². The van der Waals surface area contributed by atoms with Crippen LogP contribution in [0.1, 0.15) is 0 Å². The number of halogens is 4. The molecule has 0 atom stereocenters. The second kappa shape index (κ2) is 9.40. The SMILES string of the molecule is O=C1C(Cl)=C(Nc2ccc(S(=O)(=O)Nc3ccc(Cl)nn3)cc2)C(=O)N1c1cc(Cl)ccc1Cl. The predicted octanol–water partition coefficient (Wildman–Crippen LogP) is 4.67. The maximum atomic E-state index is 12.9. The molecule has 2 heterocycles. The van der Waals surface area contributed by atoms with Crippen LogP contribution in [0.2, 0.25) is 15.2 Å². The highest BCUT2D eigenvalue weighted by Crippen LogP contribution is 2.36. The standard InChI is InChI=1S/C20H11Cl4N5O4S/c21-10-1-6-13(22)14(9-10)29-19(30)17(24)18(20(29)31)25-11-2-4-12(5-3-11)34(32,33)28-16-8-7-15(23)26-27-16/h1-9,25H,(H,27,28). The summed E-state index contributed by atoms with van der Waals surface area (Å²) < 4.78 is 27.4. The van der Waals surface area contributed by atoms with Crippen LogP contribution >= 0.6 is 46.4 Å². The molecule has 0 saturated heterocycles. The second-order valence-corrected chi connectivity index (χ2v) is 10.0. The Bertz CT molecular complexity index is 1440. The summed E-state index contributed by atoms with van der Waals surface area (Å²) in [6, 6.07) is 12.4. The van der Waals surface area contributed by atoms with Crippen molar-refractivity contribution in [3.8, 4) is 0 Å². The number of benzene rings is 2. The van der Waals surface area contributed by atoms with Crippen molar-refractivity contribution in [2.75, 3.05) is 14.9 Å². The molecule has 0 radical (unpaired) electrons. The lowest BCUT2D eigenvalue weighted by atomic mass is 10.3. The number of imide groups is 1. The van der Waals surface area contributed by atoms with Crippen LogP contribution in [0.4, 0.5) is 17.2 Å². The minimum atomic E-state index is -3.97. The van der Waals surface area contributed by atoms with Gasteiger partial charge in [0.1, 0.15) is 10.7 Å². The molecule has 2 N–H and O–H groups in total. The average Bonchev–Trinajstić information content (AvgIpc) is 3.00. The molecule has 1 aliphatic rings. The Labute approximate surface area is 213 Å². The summed E-state index contributed by atoms with van der Waals surface area (Å²) in [5.41, 5.74) is 0.184. The number of rotatable bonds is 6. The highest BCUT2D eigenvalue weighted by molar-refractivity contribution is 7.92. The average molecular weight is 559 g/mol. The fraction of sp³-hybridized carbons (Fsp3) is 0. The van der Waals surface area contributed by atoms with Crippen molar-refractivity contribution in [1.82, 2.24) is 10.2 Å². The zero-order valence-electron chi connectivity index (χ0n) is 16.6. The largest absolute Gasteiger partial charge is 0.350 e. The summed E-state index contributed by atoms with van der Waals surface area (Å²) in [6.07, 6.45) is 0. The highest BCUT2D eigenvalue weighted by Gasteiger charge is 2.40. The van der Waals surface area contributed by atoms with E-state index in [1.54, 1.807) is 0 Å². The summed E-state index contributed by atoms with van der Waals surface area (Å²) in [7, 11) is -3.97. The predicted molar refractivity (Wildman–Crippen MR) is 130 cm³/mol. The minimum Gasteiger partial charge on any atom is -0.350 e. The summed E-state index contributed by atoms with van der Waals surface area (Å²) >= 11 is 23.8. The third kappa shape index (κ3) is 4.82. The zero-order chi connectivity index (χ0) is 24.6. The van der Waals surface area contributed by atoms with Gasteiger partial charge < -0.3 is 5.32 Å². The van der Waals surface area contributed by atoms with E-state index in [0.29, 0.717) is 5.69 Å². The van der Waals surface area contributed by atoms with Gasteiger partial charge in [-0.25, -0.2) is 13.3 Å². The third-order valence-electron chi connectivity index (χ3n) is 4.48. The second-order valence-electron chi connectivity index (χ2n) is 6.73. The Balaban J connectivity index is 1.54. The molecule has 1 aromatic heterocycles. The number of hydrogen-bond acceptors (Lipinski definition) is 7. The number of anilines is 3. The number of aromatic nitrogens is 2. The van der Waals surface area contributed by atoms with E-state index in [-0.39, 0.29) is 42.3 Å². The van der Waals surface area contributed by atoms with Crippen LogP contribution in [-0.4, -0.2) is 30.4 Å². The summed E-state index contributed by atoms with van der Waals surface area (Å²) in [4.78, 5) is 26.3. The molecule has 9 nitrogen and oxygen atoms in total. The molecule has 3 aromatic rings. The van der Waals surface area contributed by atoms with Gasteiger partial charge in [-0.1, -0.05) is 46.4 Å². The van der Waals surface area contributed by atoms with Gasteiger partial charge in [0.05, 0.1) is 15.6 Å². The highest BCUT2D eigenvalue weighted by atomic mass is 35.5. The molecule has 4 rings (SSSR count). The van der Waals surface area contributed by atoms with Crippen LogP contribution in [-0.2, 0) is 19.6 Å². The molecule has 0 aliphatic carbocycles. The summed E-state index contributed by atoms with van der Waals surface area (Å²) in [6.45, 7) is 0. The molecule has 2 aromatic carbocycles. The quantitative estimate of drug-likeness (QED) is 0.421. The molecule has 0 unspecified atom stereocenters. The monoisotopic (exact) mass is 557 g/mol. The maximum absolute atomic E-state index is 12.9. The molecule has 0 spiro atoms. The lowest BCUT2D eigenvalue weighted by molar-refractivity contribution is -0.120. The molecular weight excluding hydrogens is 548 g/mol. The molecule has 34 heavy (non-hydrogen) atoms. The number of nitrogens with one attached hydrogen (secondary N) is 2. The van der Waals surface area contributed by atoms with Gasteiger partial charge in [-0.2, -0.15) is 0 Å². The van der Waals surface area contributed by atoms with Gasteiger partial charge in [0.15, 0.2) is 11.0 Å². The van der Waals surface area contributed by atoms with E-state index in [4.69, 9.17) is 46.4 Å². The van der Waals surface area contributed by atoms with Gasteiger partial charge in [0.25, 0.3) is 21.8 Å². The first-order valence-corrected chi connectivity index (χ1v) is 12.2. The van der Waals surface area contributed by atoms with E-state index in [0.717, 1.165) is 4.90 Å². The molecule has 0 fully saturated rings. The summed E-state index contributed by atoms with van der Waals surface area (Å²) in [5.74, 6) is -1.55. The minimum absolute atomic E-state index is 0.0154. The number of carbonyl (C=O) groups excluding carboxylic acids is 2. The van der Waals surface area contributed by atoms with E-state index >= 15 is 0 Å². The molecule has 14 heteroatoms. The fourth-order valence-electron chi connectivity index (χ4n) is 2.92. The Morgan fingerprint density at radius 3 is 2.18 bits per heavy atom. The van der Waals surface area contributed by atoms with Crippen LogP contribution < -0.4 is 14.9 Å². The van der Waals surface area contributed by atoms with Crippen molar-refractivity contribution < 1.29 is 18.0 Å². The van der Waals surface area contributed by atoms with Gasteiger partial charge in [-0.15, -0.1) is 10.2 Å². The molecule has 0 bridgehead atoms. The van der Waals surface area contributed by atoms with Gasteiger partial charge >= 0.3 is 0 Å². The van der Waals surface area contributed by atoms with E-state index in [1.165, 1.54) is 54.6 Å². The van der Waals surface area contributed by atoms with Crippen molar-refractivity contribution in [2.24, 2.45) is 0 Å². The van der Waals surface area contributed by atoms with E-state index < -0.39 is 21.8 Å². The first-order valence-electron chi connectivity index (χ1n) is 9.19. The zero-order valence-corrected chi connectivity index (χ0v) is 20.4. The normalized spacial score (nSPS) is 14.1. The lowest BCUT2D eigenvalue weighted by Crippen LogP contribution is -2.32. The Morgan fingerprint density at radius 2 is 1.53 bits per heavy atom. The first kappa shape index (κ1) is 24.2. The molecule has 0 saturated carbocycles. The van der Waals surface area contributed by atoms with E-state index in [1.807, 2.05) is 0 Å². The van der Waals surface area contributed by atoms with Crippen LogP contribution in [0, 0.1) is 0 Å². The topological polar surface area (TPSA) is 121 Å².